The molecular formula is C18H27N3O6S. The van der Waals surface area contributed by atoms with E-state index in [0.29, 0.717) is 12.2 Å². The number of sulfonamides is 1. The Kier molecular flexibility index (Phi) is 8.58. The second kappa shape index (κ2) is 10.2. The minimum atomic E-state index is -3.99. The molecule has 1 aromatic carbocycles. The summed E-state index contributed by atoms with van der Waals surface area (Å²) in [6.07, 6.45) is -1.05. The van der Waals surface area contributed by atoms with E-state index in [4.69, 9.17) is 4.74 Å². The van der Waals surface area contributed by atoms with Crippen molar-refractivity contribution < 1.29 is 27.5 Å². The Bertz CT molecular complexity index is 805. The average molecular weight is 413 g/mol. The second-order valence-corrected chi connectivity index (χ2v) is 8.48. The molecule has 0 fully saturated rings. The van der Waals surface area contributed by atoms with Gasteiger partial charge in [-0.15, -0.1) is 0 Å². The van der Waals surface area contributed by atoms with Crippen molar-refractivity contribution in [2.75, 3.05) is 11.9 Å². The molecule has 0 aliphatic heterocycles. The van der Waals surface area contributed by atoms with Crippen LogP contribution < -0.4 is 15.4 Å². The fraction of sp³-hybridized carbons (Fsp3) is 0.500. The summed E-state index contributed by atoms with van der Waals surface area (Å²) in [4.78, 5) is 34.9. The zero-order valence-corrected chi connectivity index (χ0v) is 17.4. The van der Waals surface area contributed by atoms with Crippen LogP contribution in [0.4, 0.5) is 5.69 Å². The third-order valence-corrected chi connectivity index (χ3v) is 5.07. The zero-order valence-electron chi connectivity index (χ0n) is 16.6. The lowest BCUT2D eigenvalue weighted by Gasteiger charge is -2.18. The molecule has 9 nitrogen and oxygen atoms in total. The van der Waals surface area contributed by atoms with E-state index < -0.39 is 34.0 Å². The van der Waals surface area contributed by atoms with Crippen molar-refractivity contribution in [3.8, 4) is 0 Å². The normalized spacial score (nSPS) is 13.5. The fourth-order valence-corrected chi connectivity index (χ4v) is 3.24. The predicted octanol–water partition coefficient (Wildman–Crippen LogP) is 1.02. The summed E-state index contributed by atoms with van der Waals surface area (Å²) in [6, 6.07) is 4.27. The van der Waals surface area contributed by atoms with Gasteiger partial charge in [-0.2, -0.15) is 4.72 Å². The molecule has 2 amide bonds. The van der Waals surface area contributed by atoms with E-state index in [1.54, 1.807) is 0 Å². The summed E-state index contributed by atoms with van der Waals surface area (Å²) >= 11 is 0. The monoisotopic (exact) mass is 413 g/mol. The molecule has 0 aromatic heterocycles. The Morgan fingerprint density at radius 2 is 1.61 bits per heavy atom. The fourth-order valence-electron chi connectivity index (χ4n) is 2.05. The molecule has 156 valence electrons. The van der Waals surface area contributed by atoms with Gasteiger partial charge in [0.15, 0.2) is 6.10 Å². The van der Waals surface area contributed by atoms with Crippen LogP contribution in [0, 0.1) is 5.92 Å². The van der Waals surface area contributed by atoms with Crippen LogP contribution in [0.1, 0.15) is 34.6 Å². The van der Waals surface area contributed by atoms with Crippen LogP contribution in [0.5, 0.6) is 0 Å². The van der Waals surface area contributed by atoms with Crippen molar-refractivity contribution in [3.63, 3.8) is 0 Å². The number of carbonyl (C=O) groups is 3. The zero-order chi connectivity index (χ0) is 21.5. The molecule has 10 heteroatoms. The Labute approximate surface area is 165 Å². The molecule has 0 unspecified atom stereocenters. The minimum absolute atomic E-state index is 0.0797. The quantitative estimate of drug-likeness (QED) is 0.518. The van der Waals surface area contributed by atoms with Gasteiger partial charge in [0.1, 0.15) is 6.04 Å². The predicted molar refractivity (Wildman–Crippen MR) is 104 cm³/mol. The molecule has 0 radical (unpaired) electrons. The number of anilines is 1. The number of carbonyl (C=O) groups excluding carboxylic acids is 3. The van der Waals surface area contributed by atoms with Crippen molar-refractivity contribution in [2.24, 2.45) is 5.92 Å². The Morgan fingerprint density at radius 3 is 2.11 bits per heavy atom. The van der Waals surface area contributed by atoms with Gasteiger partial charge in [0.05, 0.1) is 4.90 Å². The first-order chi connectivity index (χ1) is 12.9. The van der Waals surface area contributed by atoms with Crippen LogP contribution >= 0.6 is 0 Å². The Morgan fingerprint density at radius 1 is 1.04 bits per heavy atom. The molecule has 0 bridgehead atoms. The van der Waals surface area contributed by atoms with E-state index in [1.165, 1.54) is 45.0 Å². The summed E-state index contributed by atoms with van der Waals surface area (Å²) in [6.45, 7) is 8.37. The largest absolute Gasteiger partial charge is 0.451 e. The molecule has 0 aliphatic rings. The molecule has 3 N–H and O–H groups in total. The van der Waals surface area contributed by atoms with Gasteiger partial charge in [0.2, 0.25) is 15.9 Å². The van der Waals surface area contributed by atoms with E-state index in [0.717, 1.165) is 0 Å². The third kappa shape index (κ3) is 7.65. The molecule has 0 saturated heterocycles. The van der Waals surface area contributed by atoms with Crippen molar-refractivity contribution in [1.29, 1.82) is 0 Å². The first-order valence-corrected chi connectivity index (χ1v) is 10.3. The molecule has 2 atom stereocenters. The van der Waals surface area contributed by atoms with Crippen LogP contribution in [-0.4, -0.2) is 44.9 Å². The Hall–Kier alpha value is -2.46. The van der Waals surface area contributed by atoms with E-state index in [1.807, 2.05) is 13.8 Å². The first-order valence-electron chi connectivity index (χ1n) is 8.80. The van der Waals surface area contributed by atoms with Gasteiger partial charge in [-0.25, -0.2) is 8.42 Å². The molecule has 28 heavy (non-hydrogen) atoms. The second-order valence-electron chi connectivity index (χ2n) is 6.77. The van der Waals surface area contributed by atoms with Crippen LogP contribution in [-0.2, 0) is 29.1 Å². The molecule has 0 heterocycles. The van der Waals surface area contributed by atoms with Gasteiger partial charge < -0.3 is 15.4 Å². The number of nitrogens with one attached hydrogen (secondary N) is 3. The average Bonchev–Trinajstić information content (AvgIpc) is 2.58. The van der Waals surface area contributed by atoms with Gasteiger partial charge in [-0.1, -0.05) is 13.8 Å². The van der Waals surface area contributed by atoms with Gasteiger partial charge in [-0.3, -0.25) is 14.4 Å². The van der Waals surface area contributed by atoms with E-state index in [-0.39, 0.29) is 16.7 Å². The van der Waals surface area contributed by atoms with E-state index >= 15 is 0 Å². The van der Waals surface area contributed by atoms with Crippen molar-refractivity contribution in [3.05, 3.63) is 24.3 Å². The highest BCUT2D eigenvalue weighted by Gasteiger charge is 2.26. The van der Waals surface area contributed by atoms with Gasteiger partial charge in [0.25, 0.3) is 5.91 Å². The van der Waals surface area contributed by atoms with Crippen LogP contribution in [0.2, 0.25) is 0 Å². The Balaban J connectivity index is 2.68. The van der Waals surface area contributed by atoms with E-state index in [2.05, 4.69) is 15.4 Å². The number of rotatable bonds is 9. The lowest BCUT2D eigenvalue weighted by molar-refractivity contribution is -0.156. The number of hydrogen-bond donors (Lipinski definition) is 3. The maximum atomic E-state index is 12.4. The standard InChI is InChI=1S/C18H27N3O6S/c1-11(2)10-19-17(23)13(4)27-18(24)12(3)21-28(25,26)16-8-6-15(7-9-16)20-14(5)22/h6-9,11-13,21H,10H2,1-5H3,(H,19,23)(H,20,22)/t12-,13-/m0/s1. The molecule has 1 rings (SSSR count). The van der Waals surface area contributed by atoms with Crippen LogP contribution in [0.15, 0.2) is 29.2 Å². The van der Waals surface area contributed by atoms with Gasteiger partial charge in [0, 0.05) is 19.2 Å². The topological polar surface area (TPSA) is 131 Å². The summed E-state index contributed by atoms with van der Waals surface area (Å²) in [5.41, 5.74) is 0.445. The highest BCUT2D eigenvalue weighted by molar-refractivity contribution is 7.89. The van der Waals surface area contributed by atoms with Crippen molar-refractivity contribution in [2.45, 2.75) is 51.7 Å². The maximum absolute atomic E-state index is 12.4. The number of esters is 1. The SMILES string of the molecule is CC(=O)Nc1ccc(S(=O)(=O)N[C@@H](C)C(=O)O[C@@H](C)C(=O)NCC(C)C)cc1. The molecule has 0 aliphatic carbocycles. The highest BCUT2D eigenvalue weighted by atomic mass is 32.2. The van der Waals surface area contributed by atoms with Gasteiger partial charge in [-0.05, 0) is 44.0 Å². The number of benzene rings is 1. The highest BCUT2D eigenvalue weighted by Crippen LogP contribution is 2.14. The number of amides is 2. The first kappa shape index (κ1) is 23.6. The molecule has 0 saturated carbocycles. The summed E-state index contributed by atoms with van der Waals surface area (Å²) < 4.78 is 32.0. The third-order valence-electron chi connectivity index (χ3n) is 3.52. The van der Waals surface area contributed by atoms with Gasteiger partial charge >= 0.3 is 5.97 Å². The smallest absolute Gasteiger partial charge is 0.324 e. The molecular weight excluding hydrogens is 386 g/mol. The summed E-state index contributed by atoms with van der Waals surface area (Å²) in [5.74, 6) is -1.36. The van der Waals surface area contributed by atoms with E-state index in [9.17, 15) is 22.8 Å². The van der Waals surface area contributed by atoms with Crippen molar-refractivity contribution in [1.82, 2.24) is 10.0 Å². The lowest BCUT2D eigenvalue weighted by Crippen LogP contribution is -2.43. The maximum Gasteiger partial charge on any atom is 0.324 e. The molecule has 0 spiro atoms. The summed E-state index contributed by atoms with van der Waals surface area (Å²) in [7, 11) is -3.99. The summed E-state index contributed by atoms with van der Waals surface area (Å²) in [5, 5.41) is 5.16. The lowest BCUT2D eigenvalue weighted by atomic mass is 10.2. The van der Waals surface area contributed by atoms with Crippen molar-refractivity contribution >= 4 is 33.5 Å². The minimum Gasteiger partial charge on any atom is -0.451 e. The number of hydrogen-bond acceptors (Lipinski definition) is 6. The molecule has 1 aromatic rings. The number of ether oxygens (including phenoxy) is 1. The van der Waals surface area contributed by atoms with Crippen LogP contribution in [0.3, 0.4) is 0 Å². The van der Waals surface area contributed by atoms with Crippen LogP contribution in [0.25, 0.3) is 0 Å².